The van der Waals surface area contributed by atoms with Crippen molar-refractivity contribution in [3.63, 3.8) is 0 Å². The van der Waals surface area contributed by atoms with E-state index >= 15 is 0 Å². The fourth-order valence-corrected chi connectivity index (χ4v) is 8.24. The summed E-state index contributed by atoms with van der Waals surface area (Å²) < 4.78 is 61.6. The number of aromatic nitrogens is 8. The minimum atomic E-state index is -5.14. The Bertz CT molecular complexity index is 2100. The maximum absolute atomic E-state index is 13.3. The summed E-state index contributed by atoms with van der Waals surface area (Å²) in [6.45, 7) is -1.76. The van der Waals surface area contributed by atoms with Gasteiger partial charge in [0.25, 0.3) is 11.1 Å². The molecule has 3 saturated heterocycles. The number of hydrogen-bond donors (Lipinski definition) is 7. The van der Waals surface area contributed by atoms with Crippen LogP contribution in [0.5, 0.6) is 0 Å². The zero-order valence-electron chi connectivity index (χ0n) is 22.8. The molecule has 46 heavy (non-hydrogen) atoms. The van der Waals surface area contributed by atoms with Gasteiger partial charge in [-0.2, -0.15) is 4.98 Å². The average Bonchev–Trinajstić information content (AvgIpc) is 3.78. The average molecular weight is 687 g/mol. The first-order valence-electron chi connectivity index (χ1n) is 13.4. The van der Waals surface area contributed by atoms with Gasteiger partial charge in [0.05, 0.1) is 38.2 Å². The maximum Gasteiger partial charge on any atom is 0.472 e. The number of imidazole rings is 2. The maximum atomic E-state index is 13.3. The van der Waals surface area contributed by atoms with Gasteiger partial charge < -0.3 is 44.8 Å². The molecule has 0 radical (unpaired) electrons. The van der Waals surface area contributed by atoms with Gasteiger partial charge in [-0.3, -0.25) is 37.2 Å². The molecule has 11 atom stereocenters. The molecule has 7 heterocycles. The zero-order chi connectivity index (χ0) is 32.3. The number of rotatable bonds is 2. The standard InChI is InChI=1S/C21H23N9O14P2/c22-20-27-16-8(18(33)28-20)25-4-29(16)9-12-14-21(34,13(9)42-14)2-40-46(37,38)43-11-6(1-39-45(35,36)44-12)41-19(10(11)31)30-5-26-7-15(30)23-3-24-17(7)32/h3-6,9-14,19,31,34H,1-2H2,(H,35,36)(H,37,38)(H,23,24,32)(H3,22,27,28,33)/t6-,9+,10-,11-,12+,13?,14+,19-,21+/m1/s1. The van der Waals surface area contributed by atoms with E-state index < -0.39 is 94.5 Å². The molecule has 4 aliphatic rings. The Kier molecular flexibility index (Phi) is 6.53. The summed E-state index contributed by atoms with van der Waals surface area (Å²) in [5, 5.41) is 22.7. The summed E-state index contributed by atoms with van der Waals surface area (Å²) in [5.74, 6) is -0.267. The highest BCUT2D eigenvalue weighted by atomic mass is 31.2. The van der Waals surface area contributed by atoms with Crippen LogP contribution in [0.1, 0.15) is 12.3 Å². The molecule has 3 aliphatic heterocycles. The van der Waals surface area contributed by atoms with Crippen molar-refractivity contribution in [1.29, 1.82) is 0 Å². The number of H-pyrrole nitrogens is 2. The van der Waals surface area contributed by atoms with Crippen LogP contribution >= 0.6 is 15.6 Å². The number of nitrogens with zero attached hydrogens (tertiary/aromatic N) is 6. The summed E-state index contributed by atoms with van der Waals surface area (Å²) in [4.78, 5) is 66.7. The number of fused-ring (bicyclic) bond motifs is 3. The topological polar surface area (TPSA) is 324 Å². The minimum absolute atomic E-state index is 0.0172. The molecule has 23 nitrogen and oxygen atoms in total. The number of hydrogen-bond acceptors (Lipinski definition) is 17. The number of anilines is 1. The van der Waals surface area contributed by atoms with Gasteiger partial charge in [0, 0.05) is 0 Å². The molecule has 1 aliphatic carbocycles. The van der Waals surface area contributed by atoms with Gasteiger partial charge >= 0.3 is 15.6 Å². The Labute approximate surface area is 253 Å². The first-order valence-corrected chi connectivity index (χ1v) is 16.4. The Balaban J connectivity index is 1.14. The van der Waals surface area contributed by atoms with Gasteiger partial charge in [-0.25, -0.2) is 24.1 Å². The van der Waals surface area contributed by atoms with Gasteiger partial charge in [-0.15, -0.1) is 0 Å². The van der Waals surface area contributed by atoms with Crippen molar-refractivity contribution in [3.05, 3.63) is 39.7 Å². The van der Waals surface area contributed by atoms with Crippen LogP contribution in [0.3, 0.4) is 0 Å². The largest absolute Gasteiger partial charge is 0.472 e. The van der Waals surface area contributed by atoms with Crippen LogP contribution in [0.4, 0.5) is 5.95 Å². The lowest BCUT2D eigenvalue weighted by atomic mass is 9.92. The summed E-state index contributed by atoms with van der Waals surface area (Å²) in [5.41, 5.74) is 1.97. The number of phosphoric ester groups is 2. The van der Waals surface area contributed by atoms with Crippen LogP contribution in [0.15, 0.2) is 28.6 Å². The smallest absolute Gasteiger partial charge is 0.386 e. The van der Waals surface area contributed by atoms with Gasteiger partial charge in [0.15, 0.2) is 28.6 Å². The van der Waals surface area contributed by atoms with E-state index in [2.05, 4.69) is 29.9 Å². The number of phosphoric acid groups is 2. The van der Waals surface area contributed by atoms with Crippen LogP contribution in [0.2, 0.25) is 0 Å². The van der Waals surface area contributed by atoms with Crippen molar-refractivity contribution in [3.8, 4) is 0 Å². The predicted molar refractivity (Wildman–Crippen MR) is 145 cm³/mol. The third-order valence-corrected chi connectivity index (χ3v) is 10.3. The van der Waals surface area contributed by atoms with E-state index in [-0.39, 0.29) is 28.3 Å². The van der Waals surface area contributed by atoms with Crippen LogP contribution < -0.4 is 16.9 Å². The van der Waals surface area contributed by atoms with Gasteiger partial charge in [0.2, 0.25) is 5.95 Å². The monoisotopic (exact) mass is 687 g/mol. The van der Waals surface area contributed by atoms with Crippen molar-refractivity contribution in [2.75, 3.05) is 18.9 Å². The molecule has 3 unspecified atom stereocenters. The molecule has 0 aromatic carbocycles. The molecule has 25 heteroatoms. The number of nitrogen functional groups attached to an aromatic ring is 1. The molecule has 4 bridgehead atoms. The molecule has 4 aromatic rings. The van der Waals surface area contributed by atoms with E-state index in [1.54, 1.807) is 0 Å². The van der Waals surface area contributed by atoms with E-state index in [0.29, 0.717) is 0 Å². The van der Waals surface area contributed by atoms with Crippen LogP contribution in [-0.4, -0.2) is 114 Å². The highest BCUT2D eigenvalue weighted by Gasteiger charge is 2.74. The van der Waals surface area contributed by atoms with E-state index in [4.69, 9.17) is 33.3 Å². The zero-order valence-corrected chi connectivity index (χ0v) is 24.6. The third-order valence-electron chi connectivity index (χ3n) is 8.32. The molecule has 246 valence electrons. The van der Waals surface area contributed by atoms with Gasteiger partial charge in [-0.1, -0.05) is 0 Å². The quantitative estimate of drug-likeness (QED) is 0.104. The van der Waals surface area contributed by atoms with Gasteiger partial charge in [-0.05, 0) is 0 Å². The van der Waals surface area contributed by atoms with Crippen molar-refractivity contribution in [1.82, 2.24) is 39.0 Å². The fraction of sp³-hybridized carbons (Fsp3) is 0.524. The second kappa shape index (κ2) is 10.0. The number of nitrogens with one attached hydrogen (secondary N) is 2. The van der Waals surface area contributed by atoms with Crippen molar-refractivity contribution < 1.29 is 56.7 Å². The van der Waals surface area contributed by atoms with Crippen LogP contribution in [0, 0.1) is 0 Å². The molecule has 0 spiro atoms. The number of aliphatic hydroxyl groups excluding tert-OH is 1. The lowest BCUT2D eigenvalue weighted by Gasteiger charge is -2.45. The summed E-state index contributed by atoms with van der Waals surface area (Å²) in [7, 11) is -10.2. The lowest BCUT2D eigenvalue weighted by Crippen LogP contribution is -2.64. The predicted octanol–water partition coefficient (Wildman–Crippen LogP) is -2.84. The molecular formula is C21H23N9O14P2. The van der Waals surface area contributed by atoms with E-state index in [0.717, 1.165) is 23.5 Å². The Hall–Kier alpha value is -3.44. The van der Waals surface area contributed by atoms with Crippen LogP contribution in [0.25, 0.3) is 22.3 Å². The fourth-order valence-electron chi connectivity index (χ4n) is 6.30. The molecule has 1 saturated carbocycles. The molecule has 8 N–H and O–H groups in total. The molecule has 4 fully saturated rings. The highest BCUT2D eigenvalue weighted by molar-refractivity contribution is 7.47. The lowest BCUT2D eigenvalue weighted by molar-refractivity contribution is -0.273. The van der Waals surface area contributed by atoms with Crippen molar-refractivity contribution in [2.45, 2.75) is 54.5 Å². The SMILES string of the molecule is Nc1nc2c(ncn2[C@@H]2C3O[C@H]4[C@H]2OP(=O)(O)OC[C@H]2O[C@@H](n5cnc6c(=O)[nH]cnc65)[C@H](O)[C@@H]2OP(=O)(O)OC[C@]34O)c(=O)[nH]1. The second-order valence-electron chi connectivity index (χ2n) is 11.0. The number of ether oxygens (including phenoxy) is 2. The molecule has 8 rings (SSSR count). The van der Waals surface area contributed by atoms with E-state index in [1.807, 2.05) is 0 Å². The number of aromatic amines is 2. The summed E-state index contributed by atoms with van der Waals surface area (Å²) in [6, 6.07) is -1.20. The summed E-state index contributed by atoms with van der Waals surface area (Å²) >= 11 is 0. The highest BCUT2D eigenvalue weighted by Crippen LogP contribution is 2.61. The Morgan fingerprint density at radius 3 is 2.41 bits per heavy atom. The Morgan fingerprint density at radius 2 is 1.63 bits per heavy atom. The van der Waals surface area contributed by atoms with Crippen molar-refractivity contribution >= 4 is 43.9 Å². The first-order chi connectivity index (χ1) is 21.8. The van der Waals surface area contributed by atoms with Crippen molar-refractivity contribution in [2.24, 2.45) is 0 Å². The molecule has 4 aromatic heterocycles. The third kappa shape index (κ3) is 4.44. The van der Waals surface area contributed by atoms with E-state index in [1.165, 1.54) is 4.57 Å². The second-order valence-corrected chi connectivity index (χ2v) is 13.8. The number of nitrogens with two attached hydrogens (primary N) is 1. The molecule has 0 amide bonds. The van der Waals surface area contributed by atoms with Crippen LogP contribution in [-0.2, 0) is 36.7 Å². The summed E-state index contributed by atoms with van der Waals surface area (Å²) in [6.07, 6.45) is -7.28. The minimum Gasteiger partial charge on any atom is -0.386 e. The Morgan fingerprint density at radius 1 is 0.935 bits per heavy atom. The number of aliphatic hydroxyl groups is 2. The normalized spacial score (nSPS) is 41.0. The van der Waals surface area contributed by atoms with Gasteiger partial charge in [0.1, 0.15) is 42.2 Å². The van der Waals surface area contributed by atoms with E-state index in [9.17, 15) is 38.7 Å². The molecular weight excluding hydrogens is 664 g/mol. The first kappa shape index (κ1) is 29.9.